The molecule has 0 bridgehead atoms. The van der Waals surface area contributed by atoms with Crippen LogP contribution in [0.15, 0.2) is 47.1 Å². The summed E-state index contributed by atoms with van der Waals surface area (Å²) in [5.41, 5.74) is 0.568. The minimum Gasteiger partial charge on any atom is -0.497 e. The lowest BCUT2D eigenvalue weighted by molar-refractivity contribution is -0.134. The average Bonchev–Trinajstić information content (AvgIpc) is 3.36. The van der Waals surface area contributed by atoms with Gasteiger partial charge < -0.3 is 14.1 Å². The summed E-state index contributed by atoms with van der Waals surface area (Å²) in [6.45, 7) is 4.04. The zero-order valence-corrected chi connectivity index (χ0v) is 23.0. The molecule has 3 aromatic rings. The Morgan fingerprint density at radius 1 is 1.19 bits per heavy atom. The maximum Gasteiger partial charge on any atom is 0.233 e. The van der Waals surface area contributed by atoms with Gasteiger partial charge in [0.15, 0.2) is 15.6 Å². The first kappa shape index (κ1) is 27.1. The van der Waals surface area contributed by atoms with Crippen LogP contribution in [0.4, 0.5) is 0 Å². The Bertz CT molecular complexity index is 1340. The lowest BCUT2D eigenvalue weighted by atomic mass is 9.94. The Morgan fingerprint density at radius 3 is 2.51 bits per heavy atom. The highest BCUT2D eigenvalue weighted by atomic mass is 32.2. The molecule has 0 unspecified atom stereocenters. The number of amides is 1. The van der Waals surface area contributed by atoms with Gasteiger partial charge in [-0.2, -0.15) is 0 Å². The maximum atomic E-state index is 13.9. The average molecular weight is 545 g/mol. The molecule has 2 aromatic heterocycles. The van der Waals surface area contributed by atoms with Crippen LogP contribution in [-0.4, -0.2) is 55.2 Å². The molecule has 0 aliphatic heterocycles. The smallest absolute Gasteiger partial charge is 0.233 e. The monoisotopic (exact) mass is 544 g/mol. The highest BCUT2D eigenvalue weighted by molar-refractivity contribution is 7.92. The first-order valence-electron chi connectivity index (χ1n) is 12.3. The molecule has 1 fully saturated rings. The molecular weight excluding hydrogens is 512 g/mol. The Kier molecular flexibility index (Phi) is 8.18. The van der Waals surface area contributed by atoms with Gasteiger partial charge in [0, 0.05) is 23.6 Å². The minimum absolute atomic E-state index is 0.0337. The predicted molar refractivity (Wildman–Crippen MR) is 142 cm³/mol. The van der Waals surface area contributed by atoms with Gasteiger partial charge >= 0.3 is 0 Å². The van der Waals surface area contributed by atoms with Crippen LogP contribution in [0.5, 0.6) is 5.75 Å². The Hall–Kier alpha value is -2.98. The van der Waals surface area contributed by atoms with Gasteiger partial charge in [0.1, 0.15) is 28.0 Å². The molecule has 0 radical (unpaired) electrons. The number of hydrogen-bond donors (Lipinski definition) is 0. The summed E-state index contributed by atoms with van der Waals surface area (Å²) >= 11 is 1.33. The number of sulfone groups is 1. The van der Waals surface area contributed by atoms with Gasteiger partial charge in [-0.15, -0.1) is 11.3 Å². The lowest BCUT2D eigenvalue weighted by Crippen LogP contribution is -2.39. The third-order valence-corrected chi connectivity index (χ3v) is 9.28. The fourth-order valence-electron chi connectivity index (χ4n) is 4.43. The van der Waals surface area contributed by atoms with E-state index in [9.17, 15) is 18.0 Å². The number of ether oxygens (including phenoxy) is 1. The van der Waals surface area contributed by atoms with Crippen molar-refractivity contribution in [2.45, 2.75) is 51.5 Å². The van der Waals surface area contributed by atoms with E-state index >= 15 is 0 Å². The van der Waals surface area contributed by atoms with E-state index in [1.807, 2.05) is 41.3 Å². The van der Waals surface area contributed by atoms with Crippen LogP contribution in [0.1, 0.15) is 57.9 Å². The van der Waals surface area contributed by atoms with E-state index in [1.165, 1.54) is 18.3 Å². The zero-order chi connectivity index (χ0) is 26.6. The van der Waals surface area contributed by atoms with Crippen molar-refractivity contribution in [2.24, 2.45) is 0 Å². The largest absolute Gasteiger partial charge is 0.497 e. The number of carbonyl (C=O) groups is 2. The number of Topliss-reactive ketones (excluding diaryl/α,β-unsaturated/α-hetero) is 1. The number of rotatable bonds is 13. The quantitative estimate of drug-likeness (QED) is 0.294. The van der Waals surface area contributed by atoms with Gasteiger partial charge in [0.25, 0.3) is 0 Å². The van der Waals surface area contributed by atoms with E-state index < -0.39 is 26.8 Å². The fraction of sp³-hybridized carbons (Fsp3) is 0.444. The molecule has 0 saturated heterocycles. The number of methoxy groups -OCH3 is 1. The molecule has 1 aromatic carbocycles. The number of carbonyl (C=O) groups excluding carboxylic acids is 2. The second kappa shape index (κ2) is 11.2. The highest BCUT2D eigenvalue weighted by Gasteiger charge is 2.53. The zero-order valence-electron chi connectivity index (χ0n) is 21.4. The number of thiazole rings is 1. The van der Waals surface area contributed by atoms with E-state index in [2.05, 4.69) is 4.98 Å². The number of benzene rings is 1. The molecule has 1 amide bonds. The SMILES string of the molecule is CCS(=O)(=O)CC(=O)c1nc(CN(CCCc2ccco2)C(=O)C2(c3ccc(OC)cc3)CC2)sc1C. The van der Waals surface area contributed by atoms with Crippen LogP contribution in [0, 0.1) is 6.92 Å². The highest BCUT2D eigenvalue weighted by Crippen LogP contribution is 2.50. The van der Waals surface area contributed by atoms with E-state index in [4.69, 9.17) is 9.15 Å². The molecule has 1 aliphatic carbocycles. The molecule has 0 atom stereocenters. The van der Waals surface area contributed by atoms with E-state index in [0.29, 0.717) is 29.3 Å². The first-order chi connectivity index (χ1) is 17.7. The van der Waals surface area contributed by atoms with Crippen LogP contribution in [-0.2, 0) is 33.0 Å². The topological polar surface area (TPSA) is 107 Å². The third kappa shape index (κ3) is 6.30. The molecule has 8 nitrogen and oxygen atoms in total. The van der Waals surface area contributed by atoms with E-state index in [1.54, 1.807) is 20.3 Å². The third-order valence-electron chi connectivity index (χ3n) is 6.74. The van der Waals surface area contributed by atoms with Gasteiger partial charge in [-0.05, 0) is 56.0 Å². The van der Waals surface area contributed by atoms with Crippen molar-refractivity contribution in [1.29, 1.82) is 0 Å². The number of aryl methyl sites for hydroxylation is 2. The summed E-state index contributed by atoms with van der Waals surface area (Å²) in [7, 11) is -1.85. The van der Waals surface area contributed by atoms with Crippen LogP contribution in [0.25, 0.3) is 0 Å². The summed E-state index contributed by atoms with van der Waals surface area (Å²) in [6, 6.07) is 11.4. The van der Waals surface area contributed by atoms with Crippen LogP contribution in [0.3, 0.4) is 0 Å². The van der Waals surface area contributed by atoms with Crippen LogP contribution in [0.2, 0.25) is 0 Å². The van der Waals surface area contributed by atoms with Crippen molar-refractivity contribution in [3.05, 3.63) is 69.6 Å². The molecule has 0 spiro atoms. The summed E-state index contributed by atoms with van der Waals surface area (Å²) in [6.07, 6.45) is 4.58. The normalized spacial score (nSPS) is 14.4. The van der Waals surface area contributed by atoms with Gasteiger partial charge in [0.05, 0.1) is 25.3 Å². The first-order valence-corrected chi connectivity index (χ1v) is 15.0. The van der Waals surface area contributed by atoms with Crippen molar-refractivity contribution in [1.82, 2.24) is 9.88 Å². The molecule has 10 heteroatoms. The molecule has 1 saturated carbocycles. The number of ketones is 1. The van der Waals surface area contributed by atoms with Crippen molar-refractivity contribution in [3.8, 4) is 5.75 Å². The summed E-state index contributed by atoms with van der Waals surface area (Å²) in [4.78, 5) is 33.5. The Labute approximate surface area is 221 Å². The van der Waals surface area contributed by atoms with Gasteiger partial charge in [0.2, 0.25) is 5.91 Å². The van der Waals surface area contributed by atoms with Crippen molar-refractivity contribution in [2.75, 3.05) is 25.2 Å². The molecule has 1 aliphatic rings. The fourth-order valence-corrected chi connectivity index (χ4v) is 6.13. The lowest BCUT2D eigenvalue weighted by Gasteiger charge is -2.27. The standard InChI is InChI=1S/C27H32N2O6S2/c1-4-37(32,33)18-23(30)25-19(2)36-24(28-25)17-29(15-5-7-22-8-6-16-35-22)26(31)27(13-14-27)20-9-11-21(34-3)12-10-20/h6,8-12,16H,4-5,7,13-15,17-18H2,1-3H3. The van der Waals surface area contributed by atoms with E-state index in [-0.39, 0.29) is 23.9 Å². The van der Waals surface area contributed by atoms with Crippen LogP contribution >= 0.6 is 11.3 Å². The summed E-state index contributed by atoms with van der Waals surface area (Å²) < 4.78 is 34.6. The molecule has 4 rings (SSSR count). The van der Waals surface area contributed by atoms with Crippen molar-refractivity contribution < 1.29 is 27.2 Å². The maximum absolute atomic E-state index is 13.9. The minimum atomic E-state index is -3.46. The number of furan rings is 1. The predicted octanol–water partition coefficient (Wildman–Crippen LogP) is 4.36. The van der Waals surface area contributed by atoms with Crippen molar-refractivity contribution in [3.63, 3.8) is 0 Å². The summed E-state index contributed by atoms with van der Waals surface area (Å²) in [5.74, 6) is 0.475. The van der Waals surface area contributed by atoms with E-state index in [0.717, 1.165) is 29.9 Å². The Morgan fingerprint density at radius 2 is 1.92 bits per heavy atom. The summed E-state index contributed by atoms with van der Waals surface area (Å²) in [5, 5.41) is 0.617. The number of nitrogens with zero attached hydrogens (tertiary/aromatic N) is 2. The van der Waals surface area contributed by atoms with Gasteiger partial charge in [-0.3, -0.25) is 9.59 Å². The second-order valence-electron chi connectivity index (χ2n) is 9.33. The van der Waals surface area contributed by atoms with Crippen molar-refractivity contribution >= 4 is 32.9 Å². The molecule has 2 heterocycles. The molecule has 37 heavy (non-hydrogen) atoms. The molecule has 198 valence electrons. The van der Waals surface area contributed by atoms with Gasteiger partial charge in [-0.25, -0.2) is 13.4 Å². The van der Waals surface area contributed by atoms with Gasteiger partial charge in [-0.1, -0.05) is 19.1 Å². The van der Waals surface area contributed by atoms with Crippen LogP contribution < -0.4 is 4.74 Å². The second-order valence-corrected chi connectivity index (χ2v) is 13.0. The number of aromatic nitrogens is 1. The molecule has 0 N–H and O–H groups in total. The molecular formula is C27H32N2O6S2. The number of hydrogen-bond acceptors (Lipinski definition) is 8. The Balaban J connectivity index is 1.55.